The van der Waals surface area contributed by atoms with E-state index in [2.05, 4.69) is 17.7 Å². The molecule has 0 radical (unpaired) electrons. The maximum absolute atomic E-state index is 12.4. The lowest BCUT2D eigenvalue weighted by Gasteiger charge is -2.16. The summed E-state index contributed by atoms with van der Waals surface area (Å²) in [6.45, 7) is 1.77. The summed E-state index contributed by atoms with van der Waals surface area (Å²) in [6, 6.07) is 12.1. The third-order valence-corrected chi connectivity index (χ3v) is 5.67. The Morgan fingerprint density at radius 3 is 2.70 bits per heavy atom. The molecule has 0 aliphatic carbocycles. The highest BCUT2D eigenvalue weighted by Gasteiger charge is 2.26. The maximum atomic E-state index is 12.4. The molecule has 0 spiro atoms. The van der Waals surface area contributed by atoms with E-state index in [1.165, 1.54) is 10.4 Å². The number of thioether (sulfide) groups is 1. The Labute approximate surface area is 127 Å². The zero-order chi connectivity index (χ0) is 13.9. The summed E-state index contributed by atoms with van der Waals surface area (Å²) in [5.41, 5.74) is 1.98. The molecule has 1 aromatic carbocycles. The average molecular weight is 303 g/mol. The molecule has 1 aliphatic heterocycles. The smallest absolute Gasteiger partial charge is 0.253 e. The van der Waals surface area contributed by atoms with Crippen LogP contribution in [0, 0.1) is 0 Å². The van der Waals surface area contributed by atoms with Crippen LogP contribution in [0.1, 0.15) is 16.8 Å². The molecule has 2 heterocycles. The number of benzene rings is 1. The molecule has 1 aliphatic rings. The first kappa shape index (κ1) is 13.7. The Bertz CT molecular complexity index is 577. The number of thiophene rings is 1. The quantitative estimate of drug-likeness (QED) is 0.854. The Kier molecular flexibility index (Phi) is 4.13. The average Bonchev–Trinajstić information content (AvgIpc) is 3.18. The largest absolute Gasteiger partial charge is 0.337 e. The molecular formula is C16H17NOS2. The number of likely N-dealkylation sites (tertiary alicyclic amines) is 1. The van der Waals surface area contributed by atoms with E-state index in [0.29, 0.717) is 5.25 Å². The van der Waals surface area contributed by atoms with Crippen LogP contribution in [0.25, 0.3) is 10.4 Å². The van der Waals surface area contributed by atoms with Crippen molar-refractivity contribution in [3.8, 4) is 10.4 Å². The van der Waals surface area contributed by atoms with Crippen molar-refractivity contribution >= 4 is 29.0 Å². The molecule has 1 amide bonds. The van der Waals surface area contributed by atoms with Crippen LogP contribution in [-0.2, 0) is 0 Å². The number of nitrogens with zero attached hydrogens (tertiary/aromatic N) is 1. The first-order valence-corrected chi connectivity index (χ1v) is 8.90. The van der Waals surface area contributed by atoms with Crippen LogP contribution < -0.4 is 0 Å². The van der Waals surface area contributed by atoms with Gasteiger partial charge in [-0.2, -0.15) is 11.8 Å². The standard InChI is InChI=1S/C16H17NOS2/c1-19-14-8-9-17(11-14)16(18)13-6-4-12(5-7-13)15-3-2-10-20-15/h2-7,10,14H,8-9,11H2,1H3/t14-/m1/s1. The van der Waals surface area contributed by atoms with Gasteiger partial charge in [-0.25, -0.2) is 0 Å². The van der Waals surface area contributed by atoms with Gasteiger partial charge in [-0.3, -0.25) is 4.79 Å². The number of carbonyl (C=O) groups is 1. The zero-order valence-corrected chi connectivity index (χ0v) is 13.0. The Hall–Kier alpha value is -1.26. The molecule has 0 bridgehead atoms. The van der Waals surface area contributed by atoms with Gasteiger partial charge in [0.05, 0.1) is 0 Å². The van der Waals surface area contributed by atoms with Crippen LogP contribution in [0.15, 0.2) is 41.8 Å². The van der Waals surface area contributed by atoms with Gasteiger partial charge in [0, 0.05) is 28.8 Å². The molecule has 2 nitrogen and oxygen atoms in total. The van der Waals surface area contributed by atoms with Crippen molar-refractivity contribution < 1.29 is 4.79 Å². The van der Waals surface area contributed by atoms with Crippen LogP contribution in [-0.4, -0.2) is 35.4 Å². The molecule has 1 fully saturated rings. The predicted octanol–water partition coefficient (Wildman–Crippen LogP) is 3.99. The van der Waals surface area contributed by atoms with Gasteiger partial charge >= 0.3 is 0 Å². The molecule has 1 aromatic heterocycles. The summed E-state index contributed by atoms with van der Waals surface area (Å²) in [7, 11) is 0. The zero-order valence-electron chi connectivity index (χ0n) is 11.4. The normalized spacial score (nSPS) is 18.4. The Morgan fingerprint density at radius 2 is 2.10 bits per heavy atom. The minimum Gasteiger partial charge on any atom is -0.337 e. The van der Waals surface area contributed by atoms with Gasteiger partial charge in [0.2, 0.25) is 0 Å². The van der Waals surface area contributed by atoms with Crippen molar-refractivity contribution in [2.45, 2.75) is 11.7 Å². The first-order valence-electron chi connectivity index (χ1n) is 6.74. The molecule has 1 saturated heterocycles. The van der Waals surface area contributed by atoms with Crippen LogP contribution in [0.2, 0.25) is 0 Å². The van der Waals surface area contributed by atoms with Crippen LogP contribution in [0.4, 0.5) is 0 Å². The van der Waals surface area contributed by atoms with E-state index in [1.807, 2.05) is 47.0 Å². The van der Waals surface area contributed by atoms with E-state index < -0.39 is 0 Å². The molecule has 0 unspecified atom stereocenters. The highest BCUT2D eigenvalue weighted by atomic mass is 32.2. The minimum absolute atomic E-state index is 0.166. The second-order valence-electron chi connectivity index (χ2n) is 4.95. The molecule has 104 valence electrons. The van der Waals surface area contributed by atoms with E-state index in [4.69, 9.17) is 0 Å². The molecular weight excluding hydrogens is 286 g/mol. The van der Waals surface area contributed by atoms with Gasteiger partial charge in [-0.1, -0.05) is 18.2 Å². The van der Waals surface area contributed by atoms with Gasteiger partial charge in [0.25, 0.3) is 5.91 Å². The van der Waals surface area contributed by atoms with Crippen molar-refractivity contribution in [3.63, 3.8) is 0 Å². The fourth-order valence-electron chi connectivity index (χ4n) is 2.51. The molecule has 3 rings (SSSR count). The highest BCUT2D eigenvalue weighted by Crippen LogP contribution is 2.26. The lowest BCUT2D eigenvalue weighted by atomic mass is 10.1. The summed E-state index contributed by atoms with van der Waals surface area (Å²) in [4.78, 5) is 15.6. The van der Waals surface area contributed by atoms with Gasteiger partial charge in [-0.05, 0) is 41.8 Å². The highest BCUT2D eigenvalue weighted by molar-refractivity contribution is 7.99. The van der Waals surface area contributed by atoms with Gasteiger partial charge < -0.3 is 4.90 Å². The number of rotatable bonds is 3. The summed E-state index contributed by atoms with van der Waals surface area (Å²) in [5.74, 6) is 0.166. The predicted molar refractivity (Wildman–Crippen MR) is 87.6 cm³/mol. The van der Waals surface area contributed by atoms with Gasteiger partial charge in [-0.15, -0.1) is 11.3 Å². The number of amides is 1. The third kappa shape index (κ3) is 2.76. The summed E-state index contributed by atoms with van der Waals surface area (Å²) >= 11 is 3.58. The van der Waals surface area contributed by atoms with Gasteiger partial charge in [0.15, 0.2) is 0 Å². The summed E-state index contributed by atoms with van der Waals surface area (Å²) < 4.78 is 0. The SMILES string of the molecule is CS[C@@H]1CCN(C(=O)c2ccc(-c3cccs3)cc2)C1. The van der Waals surface area contributed by atoms with Crippen LogP contribution in [0.5, 0.6) is 0 Å². The van der Waals surface area contributed by atoms with Crippen molar-refractivity contribution in [2.24, 2.45) is 0 Å². The molecule has 4 heteroatoms. The molecule has 0 N–H and O–H groups in total. The molecule has 20 heavy (non-hydrogen) atoms. The minimum atomic E-state index is 0.166. The van der Waals surface area contributed by atoms with E-state index in [0.717, 1.165) is 25.1 Å². The van der Waals surface area contributed by atoms with Crippen LogP contribution in [0.3, 0.4) is 0 Å². The summed E-state index contributed by atoms with van der Waals surface area (Å²) in [6.07, 6.45) is 3.23. The third-order valence-electron chi connectivity index (χ3n) is 3.70. The Balaban J connectivity index is 1.73. The lowest BCUT2D eigenvalue weighted by Crippen LogP contribution is -2.28. The lowest BCUT2D eigenvalue weighted by molar-refractivity contribution is 0.0793. The van der Waals surface area contributed by atoms with Crippen molar-refractivity contribution in [3.05, 3.63) is 47.3 Å². The monoisotopic (exact) mass is 303 g/mol. The maximum Gasteiger partial charge on any atom is 0.253 e. The van der Waals surface area contributed by atoms with E-state index >= 15 is 0 Å². The van der Waals surface area contributed by atoms with E-state index in [1.54, 1.807) is 11.3 Å². The molecule has 2 aromatic rings. The fraction of sp³-hybridized carbons (Fsp3) is 0.312. The number of hydrogen-bond acceptors (Lipinski definition) is 3. The number of hydrogen-bond donors (Lipinski definition) is 0. The first-order chi connectivity index (χ1) is 9.78. The fourth-order valence-corrected chi connectivity index (χ4v) is 3.91. The van der Waals surface area contributed by atoms with Gasteiger partial charge in [0.1, 0.15) is 0 Å². The second kappa shape index (κ2) is 6.02. The summed E-state index contributed by atoms with van der Waals surface area (Å²) in [5, 5.41) is 2.67. The van der Waals surface area contributed by atoms with Crippen molar-refractivity contribution in [1.29, 1.82) is 0 Å². The van der Waals surface area contributed by atoms with Crippen LogP contribution >= 0.6 is 23.1 Å². The number of carbonyl (C=O) groups excluding carboxylic acids is 1. The van der Waals surface area contributed by atoms with Crippen molar-refractivity contribution in [2.75, 3.05) is 19.3 Å². The Morgan fingerprint density at radius 1 is 1.30 bits per heavy atom. The molecule has 0 saturated carbocycles. The van der Waals surface area contributed by atoms with E-state index in [9.17, 15) is 4.79 Å². The van der Waals surface area contributed by atoms with Crippen molar-refractivity contribution in [1.82, 2.24) is 4.90 Å². The molecule has 1 atom stereocenters. The second-order valence-corrected chi connectivity index (χ2v) is 7.04. The topological polar surface area (TPSA) is 20.3 Å². The van der Waals surface area contributed by atoms with E-state index in [-0.39, 0.29) is 5.91 Å².